The van der Waals surface area contributed by atoms with Gasteiger partial charge in [-0.25, -0.2) is 0 Å². The van der Waals surface area contributed by atoms with E-state index in [0.29, 0.717) is 5.92 Å². The molecule has 25 heavy (non-hydrogen) atoms. The van der Waals surface area contributed by atoms with Crippen LogP contribution < -0.4 is 5.32 Å². The molecule has 0 aliphatic carbocycles. The van der Waals surface area contributed by atoms with Gasteiger partial charge in [-0.1, -0.05) is 18.2 Å². The van der Waals surface area contributed by atoms with Crippen molar-refractivity contribution in [3.8, 4) is 0 Å². The monoisotopic (exact) mass is 340 g/mol. The molecule has 0 atom stereocenters. The summed E-state index contributed by atoms with van der Waals surface area (Å²) in [4.78, 5) is 14.8. The lowest BCUT2D eigenvalue weighted by molar-refractivity contribution is 0.0934. The zero-order chi connectivity index (χ0) is 17.8. The van der Waals surface area contributed by atoms with Crippen molar-refractivity contribution in [1.82, 2.24) is 10.2 Å². The third kappa shape index (κ3) is 4.51. The average molecular weight is 340 g/mol. The van der Waals surface area contributed by atoms with Crippen molar-refractivity contribution < 1.29 is 9.21 Å². The molecule has 4 nitrogen and oxygen atoms in total. The van der Waals surface area contributed by atoms with Crippen LogP contribution in [0.15, 0.2) is 34.7 Å². The Kier molecular flexibility index (Phi) is 5.59. The van der Waals surface area contributed by atoms with Gasteiger partial charge in [-0.2, -0.15) is 0 Å². The number of nitrogens with one attached hydrogen (secondary N) is 1. The first kappa shape index (κ1) is 17.7. The molecule has 0 bridgehead atoms. The van der Waals surface area contributed by atoms with Gasteiger partial charge in [-0.15, -0.1) is 0 Å². The number of carbonyl (C=O) groups excluding carboxylic acids is 1. The van der Waals surface area contributed by atoms with Gasteiger partial charge >= 0.3 is 0 Å². The molecule has 0 spiro atoms. The Morgan fingerprint density at radius 1 is 1.20 bits per heavy atom. The topological polar surface area (TPSA) is 45.5 Å². The Hall–Kier alpha value is -2.07. The van der Waals surface area contributed by atoms with Crippen molar-refractivity contribution in [2.24, 2.45) is 5.92 Å². The van der Waals surface area contributed by atoms with Gasteiger partial charge < -0.3 is 9.73 Å². The maximum atomic E-state index is 12.3. The van der Waals surface area contributed by atoms with Crippen LogP contribution in [-0.4, -0.2) is 30.4 Å². The molecule has 2 aromatic rings. The van der Waals surface area contributed by atoms with Crippen LogP contribution in [0.4, 0.5) is 0 Å². The van der Waals surface area contributed by atoms with E-state index in [0.717, 1.165) is 61.7 Å². The minimum atomic E-state index is 0.0463. The normalized spacial score (nSPS) is 16.1. The quantitative estimate of drug-likeness (QED) is 0.899. The van der Waals surface area contributed by atoms with E-state index in [1.807, 2.05) is 45.0 Å². The fourth-order valence-electron chi connectivity index (χ4n) is 3.59. The molecule has 0 unspecified atom stereocenters. The highest BCUT2D eigenvalue weighted by Gasteiger charge is 2.21. The second-order valence-electron chi connectivity index (χ2n) is 7.18. The van der Waals surface area contributed by atoms with Gasteiger partial charge in [-0.05, 0) is 70.3 Å². The van der Waals surface area contributed by atoms with Crippen LogP contribution in [0.3, 0.4) is 0 Å². The van der Waals surface area contributed by atoms with Crippen molar-refractivity contribution in [3.05, 3.63) is 58.5 Å². The van der Waals surface area contributed by atoms with Crippen LogP contribution in [0, 0.1) is 26.7 Å². The van der Waals surface area contributed by atoms with Crippen LogP contribution in [0.5, 0.6) is 0 Å². The van der Waals surface area contributed by atoms with E-state index in [-0.39, 0.29) is 5.91 Å². The predicted molar refractivity (Wildman–Crippen MR) is 99.7 cm³/mol. The highest BCUT2D eigenvalue weighted by molar-refractivity contribution is 5.95. The van der Waals surface area contributed by atoms with Crippen molar-refractivity contribution in [3.63, 3.8) is 0 Å². The van der Waals surface area contributed by atoms with E-state index in [1.165, 1.54) is 5.56 Å². The van der Waals surface area contributed by atoms with Gasteiger partial charge in [-0.3, -0.25) is 9.69 Å². The summed E-state index contributed by atoms with van der Waals surface area (Å²) in [6.45, 7) is 9.91. The summed E-state index contributed by atoms with van der Waals surface area (Å²) in [6.07, 6.45) is 2.26. The van der Waals surface area contributed by atoms with Gasteiger partial charge in [0, 0.05) is 24.2 Å². The average Bonchev–Trinajstić information content (AvgIpc) is 2.91. The van der Waals surface area contributed by atoms with Crippen molar-refractivity contribution in [2.45, 2.75) is 40.2 Å². The van der Waals surface area contributed by atoms with Crippen LogP contribution in [0.1, 0.15) is 45.8 Å². The first-order chi connectivity index (χ1) is 12.0. The fourth-order valence-corrected chi connectivity index (χ4v) is 3.59. The molecule has 1 saturated heterocycles. The molecule has 1 aromatic carbocycles. The number of aryl methyl sites for hydroxylation is 3. The third-order valence-electron chi connectivity index (χ3n) is 5.19. The van der Waals surface area contributed by atoms with Crippen molar-refractivity contribution in [1.29, 1.82) is 0 Å². The third-order valence-corrected chi connectivity index (χ3v) is 5.19. The van der Waals surface area contributed by atoms with Gasteiger partial charge in [0.15, 0.2) is 0 Å². The number of carbonyl (C=O) groups is 1. The number of piperidine rings is 1. The molecule has 1 N–H and O–H groups in total. The Balaban J connectivity index is 1.44. The molecule has 1 fully saturated rings. The number of benzene rings is 1. The largest absolute Gasteiger partial charge is 0.466 e. The zero-order valence-electron chi connectivity index (χ0n) is 15.5. The molecule has 0 radical (unpaired) electrons. The number of hydrogen-bond donors (Lipinski definition) is 1. The predicted octanol–water partition coefficient (Wildman–Crippen LogP) is 3.85. The van der Waals surface area contributed by atoms with Crippen LogP contribution in [-0.2, 0) is 6.54 Å². The standard InChI is InChI=1S/C21H28N2O2/c1-15-6-4-5-7-20(15)21(24)22-13-18-8-10-23(11-9-18)14-19-12-16(2)25-17(19)3/h4-7,12,18H,8-11,13-14H2,1-3H3,(H,22,24). The fraction of sp³-hybridized carbons (Fsp3) is 0.476. The Bertz CT molecular complexity index is 727. The lowest BCUT2D eigenvalue weighted by atomic mass is 9.96. The van der Waals surface area contributed by atoms with E-state index < -0.39 is 0 Å². The number of nitrogens with zero attached hydrogens (tertiary/aromatic N) is 1. The Labute approximate surface area is 150 Å². The number of furan rings is 1. The summed E-state index contributed by atoms with van der Waals surface area (Å²) in [6, 6.07) is 9.89. The first-order valence-corrected chi connectivity index (χ1v) is 9.15. The smallest absolute Gasteiger partial charge is 0.251 e. The van der Waals surface area contributed by atoms with Gasteiger partial charge in [0.1, 0.15) is 11.5 Å². The molecule has 134 valence electrons. The molecule has 1 aliphatic heterocycles. The molecular weight excluding hydrogens is 312 g/mol. The number of hydrogen-bond acceptors (Lipinski definition) is 3. The van der Waals surface area contributed by atoms with E-state index in [4.69, 9.17) is 4.42 Å². The molecular formula is C21H28N2O2. The SMILES string of the molecule is Cc1cc(CN2CCC(CNC(=O)c3ccccc3C)CC2)c(C)o1. The maximum absolute atomic E-state index is 12.3. The molecule has 4 heteroatoms. The molecule has 0 saturated carbocycles. The van der Waals surface area contributed by atoms with E-state index >= 15 is 0 Å². The summed E-state index contributed by atoms with van der Waals surface area (Å²) in [7, 11) is 0. The zero-order valence-corrected chi connectivity index (χ0v) is 15.5. The molecule has 1 aromatic heterocycles. The van der Waals surface area contributed by atoms with Crippen LogP contribution in [0.25, 0.3) is 0 Å². The van der Waals surface area contributed by atoms with Gasteiger partial charge in [0.2, 0.25) is 0 Å². The number of likely N-dealkylation sites (tertiary alicyclic amines) is 1. The van der Waals surface area contributed by atoms with Gasteiger partial charge in [0.25, 0.3) is 5.91 Å². The Morgan fingerprint density at radius 2 is 1.92 bits per heavy atom. The highest BCUT2D eigenvalue weighted by Crippen LogP contribution is 2.21. The molecule has 3 rings (SSSR count). The summed E-state index contributed by atoms with van der Waals surface area (Å²) in [5, 5.41) is 3.11. The maximum Gasteiger partial charge on any atom is 0.251 e. The Morgan fingerprint density at radius 3 is 2.56 bits per heavy atom. The molecule has 1 aliphatic rings. The first-order valence-electron chi connectivity index (χ1n) is 9.15. The number of amides is 1. The molecule has 2 heterocycles. The van der Waals surface area contributed by atoms with Crippen molar-refractivity contribution in [2.75, 3.05) is 19.6 Å². The second kappa shape index (κ2) is 7.87. The summed E-state index contributed by atoms with van der Waals surface area (Å²) >= 11 is 0. The van der Waals surface area contributed by atoms with E-state index in [2.05, 4.69) is 16.3 Å². The summed E-state index contributed by atoms with van der Waals surface area (Å²) in [5.41, 5.74) is 3.11. The highest BCUT2D eigenvalue weighted by atomic mass is 16.3. The lowest BCUT2D eigenvalue weighted by Gasteiger charge is -2.31. The molecule has 1 amide bonds. The minimum absolute atomic E-state index is 0.0463. The van der Waals surface area contributed by atoms with Crippen LogP contribution >= 0.6 is 0 Å². The summed E-state index contributed by atoms with van der Waals surface area (Å²) < 4.78 is 5.62. The van der Waals surface area contributed by atoms with E-state index in [9.17, 15) is 4.79 Å². The number of rotatable bonds is 5. The van der Waals surface area contributed by atoms with E-state index in [1.54, 1.807) is 0 Å². The second-order valence-corrected chi connectivity index (χ2v) is 7.18. The van der Waals surface area contributed by atoms with Crippen molar-refractivity contribution >= 4 is 5.91 Å². The minimum Gasteiger partial charge on any atom is -0.466 e. The van der Waals surface area contributed by atoms with Crippen LogP contribution in [0.2, 0.25) is 0 Å². The summed E-state index contributed by atoms with van der Waals surface area (Å²) in [5.74, 6) is 2.63. The lowest BCUT2D eigenvalue weighted by Crippen LogP contribution is -2.38. The van der Waals surface area contributed by atoms with Gasteiger partial charge in [0.05, 0.1) is 0 Å².